The van der Waals surface area contributed by atoms with Crippen molar-refractivity contribution in [3.8, 4) is 11.5 Å². The van der Waals surface area contributed by atoms with Gasteiger partial charge < -0.3 is 19.0 Å². The van der Waals surface area contributed by atoms with E-state index in [4.69, 9.17) is 13.9 Å². The summed E-state index contributed by atoms with van der Waals surface area (Å²) in [6.45, 7) is 1.83. The minimum absolute atomic E-state index is 0.0682. The van der Waals surface area contributed by atoms with Gasteiger partial charge in [0.2, 0.25) is 0 Å². The van der Waals surface area contributed by atoms with E-state index in [1.54, 1.807) is 56.7 Å². The number of nitrogens with zero attached hydrogens (tertiary/aromatic N) is 2. The van der Waals surface area contributed by atoms with E-state index in [1.165, 1.54) is 22.5 Å². The van der Waals surface area contributed by atoms with Crippen molar-refractivity contribution in [2.45, 2.75) is 13.0 Å². The SMILES string of the molecule is COc1ccc2nc(N3C(=O)C(=O)/C(=C(/O)c4ccc(OC)c(C)c4)C3c3ccco3)sc2c1. The molecule has 1 fully saturated rings. The summed E-state index contributed by atoms with van der Waals surface area (Å²) in [4.78, 5) is 32.3. The average Bonchev–Trinajstić information content (AvgIpc) is 3.56. The van der Waals surface area contributed by atoms with Crippen LogP contribution in [0.1, 0.15) is 22.9 Å². The monoisotopic (exact) mass is 476 g/mol. The normalized spacial score (nSPS) is 17.5. The summed E-state index contributed by atoms with van der Waals surface area (Å²) in [5, 5.41) is 11.5. The Morgan fingerprint density at radius 1 is 1.12 bits per heavy atom. The topological polar surface area (TPSA) is 102 Å². The molecule has 1 amide bonds. The molecule has 3 heterocycles. The quantitative estimate of drug-likeness (QED) is 0.250. The van der Waals surface area contributed by atoms with Crippen LogP contribution in [0, 0.1) is 6.92 Å². The number of fused-ring (bicyclic) bond motifs is 1. The number of ether oxygens (including phenoxy) is 2. The molecule has 1 aliphatic rings. The highest BCUT2D eigenvalue weighted by Crippen LogP contribution is 2.44. The average molecular weight is 477 g/mol. The molecule has 34 heavy (non-hydrogen) atoms. The number of aliphatic hydroxyl groups excluding tert-OH is 1. The minimum atomic E-state index is -0.972. The third kappa shape index (κ3) is 3.41. The Morgan fingerprint density at radius 2 is 1.94 bits per heavy atom. The molecule has 0 spiro atoms. The fourth-order valence-corrected chi connectivity index (χ4v) is 5.07. The zero-order valence-electron chi connectivity index (χ0n) is 18.6. The number of furan rings is 1. The minimum Gasteiger partial charge on any atom is -0.507 e. The van der Waals surface area contributed by atoms with Crippen molar-refractivity contribution in [1.82, 2.24) is 4.98 Å². The molecule has 0 aliphatic carbocycles. The first-order valence-electron chi connectivity index (χ1n) is 10.4. The maximum atomic E-state index is 13.2. The van der Waals surface area contributed by atoms with Gasteiger partial charge in [0.1, 0.15) is 29.1 Å². The number of benzene rings is 2. The fraction of sp³-hybridized carbons (Fsp3) is 0.160. The maximum absolute atomic E-state index is 13.2. The van der Waals surface area contributed by atoms with Crippen LogP contribution in [0.5, 0.6) is 11.5 Å². The Balaban J connectivity index is 1.68. The van der Waals surface area contributed by atoms with Crippen LogP contribution in [0.15, 0.2) is 64.8 Å². The largest absolute Gasteiger partial charge is 0.507 e. The molecule has 0 radical (unpaired) electrons. The Kier molecular flexibility index (Phi) is 5.33. The molecule has 172 valence electrons. The molecule has 0 saturated carbocycles. The number of carbonyl (C=O) groups is 2. The van der Waals surface area contributed by atoms with E-state index in [2.05, 4.69) is 4.98 Å². The maximum Gasteiger partial charge on any atom is 0.302 e. The van der Waals surface area contributed by atoms with Gasteiger partial charge in [-0.2, -0.15) is 0 Å². The first-order chi connectivity index (χ1) is 16.4. The van der Waals surface area contributed by atoms with Gasteiger partial charge in [0, 0.05) is 5.56 Å². The van der Waals surface area contributed by atoms with Crippen LogP contribution in [-0.2, 0) is 9.59 Å². The Morgan fingerprint density at radius 3 is 2.62 bits per heavy atom. The van der Waals surface area contributed by atoms with Crippen LogP contribution in [0.3, 0.4) is 0 Å². The number of aliphatic hydroxyl groups is 1. The number of amides is 1. The Labute approximate surface area is 198 Å². The number of ketones is 1. The molecule has 2 aromatic heterocycles. The molecular formula is C25H20N2O6S. The number of hydrogen-bond donors (Lipinski definition) is 1. The Hall–Kier alpha value is -4.11. The van der Waals surface area contributed by atoms with Crippen molar-refractivity contribution in [2.75, 3.05) is 19.1 Å². The summed E-state index contributed by atoms with van der Waals surface area (Å²) in [5.41, 5.74) is 1.75. The molecule has 1 unspecified atom stereocenters. The van der Waals surface area contributed by atoms with Gasteiger partial charge in [-0.25, -0.2) is 4.98 Å². The summed E-state index contributed by atoms with van der Waals surface area (Å²) < 4.78 is 17.0. The van der Waals surface area contributed by atoms with Crippen LogP contribution >= 0.6 is 11.3 Å². The van der Waals surface area contributed by atoms with Crippen molar-refractivity contribution in [3.63, 3.8) is 0 Å². The van der Waals surface area contributed by atoms with Crippen LogP contribution in [0.4, 0.5) is 5.13 Å². The second kappa shape index (κ2) is 8.35. The van der Waals surface area contributed by atoms with Gasteiger partial charge in [-0.05, 0) is 61.0 Å². The molecular weight excluding hydrogens is 456 g/mol. The van der Waals surface area contributed by atoms with Gasteiger partial charge in [0.05, 0.1) is 36.3 Å². The smallest absolute Gasteiger partial charge is 0.302 e. The number of carbonyl (C=O) groups excluding carboxylic acids is 2. The van der Waals surface area contributed by atoms with Crippen molar-refractivity contribution < 1.29 is 28.6 Å². The molecule has 1 aliphatic heterocycles. The third-order valence-corrected chi connectivity index (χ3v) is 6.73. The highest BCUT2D eigenvalue weighted by Gasteiger charge is 2.49. The van der Waals surface area contributed by atoms with E-state index in [-0.39, 0.29) is 11.3 Å². The number of methoxy groups -OCH3 is 2. The number of Topliss-reactive ketones (excluding diaryl/α,β-unsaturated/α-hetero) is 1. The van der Waals surface area contributed by atoms with Crippen molar-refractivity contribution in [3.05, 3.63) is 77.3 Å². The number of anilines is 1. The first-order valence-corrected chi connectivity index (χ1v) is 11.2. The lowest BCUT2D eigenvalue weighted by Crippen LogP contribution is -2.29. The molecule has 1 atom stereocenters. The fourth-order valence-electron chi connectivity index (χ4n) is 4.05. The lowest BCUT2D eigenvalue weighted by atomic mass is 9.98. The van der Waals surface area contributed by atoms with Crippen molar-refractivity contribution in [1.29, 1.82) is 0 Å². The number of thiazole rings is 1. The summed E-state index contributed by atoms with van der Waals surface area (Å²) >= 11 is 1.25. The van der Waals surface area contributed by atoms with E-state index in [1.807, 2.05) is 13.0 Å². The second-order valence-corrected chi connectivity index (χ2v) is 8.71. The number of hydrogen-bond acceptors (Lipinski definition) is 8. The zero-order chi connectivity index (χ0) is 24.0. The summed E-state index contributed by atoms with van der Waals surface area (Å²) in [6, 6.07) is 12.8. The lowest BCUT2D eigenvalue weighted by Gasteiger charge is -2.20. The van der Waals surface area contributed by atoms with Gasteiger partial charge in [-0.3, -0.25) is 14.5 Å². The predicted octanol–water partition coefficient (Wildman–Crippen LogP) is 4.84. The predicted molar refractivity (Wildman–Crippen MR) is 127 cm³/mol. The van der Waals surface area contributed by atoms with Gasteiger partial charge in [-0.1, -0.05) is 11.3 Å². The van der Waals surface area contributed by atoms with Crippen molar-refractivity contribution >= 4 is 44.1 Å². The highest BCUT2D eigenvalue weighted by molar-refractivity contribution is 7.22. The van der Waals surface area contributed by atoms with Crippen LogP contribution in [-0.4, -0.2) is 36.0 Å². The zero-order valence-corrected chi connectivity index (χ0v) is 19.4. The van der Waals surface area contributed by atoms with Crippen LogP contribution in [0.2, 0.25) is 0 Å². The Bertz CT molecular complexity index is 1450. The standard InChI is InChI=1S/C25H20N2O6S/c1-13-11-14(6-9-17(13)32-3)22(28)20-21(18-5-4-10-33-18)27(24(30)23(20)29)25-26-16-8-7-15(31-2)12-19(16)34-25/h4-12,21,28H,1-3H3/b22-20+. The molecule has 2 aromatic carbocycles. The van der Waals surface area contributed by atoms with Crippen LogP contribution < -0.4 is 14.4 Å². The number of rotatable bonds is 5. The summed E-state index contributed by atoms with van der Waals surface area (Å²) in [7, 11) is 3.12. The van der Waals surface area contributed by atoms with E-state index in [0.717, 1.165) is 10.3 Å². The van der Waals surface area contributed by atoms with E-state index < -0.39 is 17.7 Å². The van der Waals surface area contributed by atoms with E-state index in [0.29, 0.717) is 33.5 Å². The molecule has 5 rings (SSSR count). The summed E-state index contributed by atoms with van der Waals surface area (Å²) in [5.74, 6) is -0.270. The molecule has 1 N–H and O–H groups in total. The lowest BCUT2D eigenvalue weighted by molar-refractivity contribution is -0.132. The number of aromatic nitrogens is 1. The van der Waals surface area contributed by atoms with E-state index in [9.17, 15) is 14.7 Å². The molecule has 8 nitrogen and oxygen atoms in total. The molecule has 0 bridgehead atoms. The number of aryl methyl sites for hydroxylation is 1. The van der Waals surface area contributed by atoms with Gasteiger partial charge in [-0.15, -0.1) is 0 Å². The molecule has 9 heteroatoms. The van der Waals surface area contributed by atoms with Gasteiger partial charge >= 0.3 is 5.91 Å². The van der Waals surface area contributed by atoms with Gasteiger partial charge in [0.15, 0.2) is 5.13 Å². The van der Waals surface area contributed by atoms with Crippen molar-refractivity contribution in [2.24, 2.45) is 0 Å². The highest BCUT2D eigenvalue weighted by atomic mass is 32.1. The van der Waals surface area contributed by atoms with E-state index >= 15 is 0 Å². The van der Waals surface area contributed by atoms with Crippen LogP contribution in [0.25, 0.3) is 16.0 Å². The molecule has 1 saturated heterocycles. The van der Waals surface area contributed by atoms with Gasteiger partial charge in [0.25, 0.3) is 5.78 Å². The molecule has 4 aromatic rings. The summed E-state index contributed by atoms with van der Waals surface area (Å²) in [6.07, 6.45) is 1.45. The second-order valence-electron chi connectivity index (χ2n) is 7.70. The first kappa shape index (κ1) is 21.7. The third-order valence-electron chi connectivity index (χ3n) is 5.72.